The Morgan fingerprint density at radius 3 is 2.35 bits per heavy atom. The Morgan fingerprint density at radius 2 is 1.68 bits per heavy atom. The minimum absolute atomic E-state index is 0.0572. The molecule has 0 spiro atoms. The number of imidazole rings is 1. The van der Waals surface area contributed by atoms with E-state index in [0.29, 0.717) is 23.6 Å². The van der Waals surface area contributed by atoms with Crippen LogP contribution in [0.4, 0.5) is 11.6 Å². The van der Waals surface area contributed by atoms with Crippen molar-refractivity contribution in [2.24, 2.45) is 5.92 Å². The van der Waals surface area contributed by atoms with Crippen molar-refractivity contribution in [1.29, 1.82) is 0 Å². The Labute approximate surface area is 234 Å². The molecule has 4 aromatic rings. The van der Waals surface area contributed by atoms with Crippen molar-refractivity contribution in [3.05, 3.63) is 83.9 Å². The summed E-state index contributed by atoms with van der Waals surface area (Å²) >= 11 is 0. The second-order valence-electron chi connectivity index (χ2n) is 10.5. The van der Waals surface area contributed by atoms with Gasteiger partial charge in [-0.25, -0.2) is 13.4 Å². The number of hydrogen-bond acceptors (Lipinski definition) is 5. The average Bonchev–Trinajstić information content (AvgIpc) is 3.31. The number of amides is 2. The maximum atomic E-state index is 13.2. The van der Waals surface area contributed by atoms with E-state index in [1.165, 1.54) is 30.7 Å². The third-order valence-corrected chi connectivity index (χ3v) is 8.77. The number of aryl methyl sites for hydroxylation is 2. The molecule has 2 amide bonds. The molecule has 0 bridgehead atoms. The van der Waals surface area contributed by atoms with Crippen molar-refractivity contribution < 1.29 is 18.0 Å². The largest absolute Gasteiger partial charge is 0.315 e. The molecule has 8 nitrogen and oxygen atoms in total. The molecule has 1 fully saturated rings. The van der Waals surface area contributed by atoms with E-state index in [-0.39, 0.29) is 22.6 Å². The highest BCUT2D eigenvalue weighted by atomic mass is 32.2. The van der Waals surface area contributed by atoms with E-state index in [9.17, 15) is 18.0 Å². The molecular weight excluding hydrogens is 524 g/mol. The monoisotopic (exact) mass is 558 g/mol. The van der Waals surface area contributed by atoms with Gasteiger partial charge >= 0.3 is 0 Å². The number of aromatic nitrogens is 2. The fourth-order valence-corrected chi connectivity index (χ4v) is 5.94. The van der Waals surface area contributed by atoms with Crippen LogP contribution in [-0.4, -0.2) is 43.1 Å². The summed E-state index contributed by atoms with van der Waals surface area (Å²) in [7, 11) is -1.55. The summed E-state index contributed by atoms with van der Waals surface area (Å²) in [4.78, 5) is 32.9. The minimum atomic E-state index is -3.36. The molecule has 1 aromatic heterocycles. The zero-order valence-corrected chi connectivity index (χ0v) is 23.7. The Kier molecular flexibility index (Phi) is 8.02. The molecule has 208 valence electrons. The zero-order valence-electron chi connectivity index (χ0n) is 22.8. The lowest BCUT2D eigenvalue weighted by Crippen LogP contribution is -2.33. The number of nitrogens with one attached hydrogen (secondary N) is 1. The predicted molar refractivity (Wildman–Crippen MR) is 157 cm³/mol. The number of fused-ring (bicyclic) bond motifs is 1. The van der Waals surface area contributed by atoms with Gasteiger partial charge in [0.2, 0.25) is 11.9 Å². The van der Waals surface area contributed by atoms with Gasteiger partial charge in [0.05, 0.1) is 15.9 Å². The molecule has 0 atom stereocenters. The first kappa shape index (κ1) is 27.6. The molecule has 5 rings (SSSR count). The van der Waals surface area contributed by atoms with Crippen LogP contribution in [0.1, 0.15) is 48.0 Å². The molecule has 1 N–H and O–H groups in total. The molecule has 40 heavy (non-hydrogen) atoms. The summed E-state index contributed by atoms with van der Waals surface area (Å²) < 4.78 is 25.6. The van der Waals surface area contributed by atoms with Gasteiger partial charge in [-0.2, -0.15) is 0 Å². The number of hydrogen-bond donors (Lipinski definition) is 1. The standard InChI is InChI=1S/C31H34N4O4S/c1-34(30(37)24-11-7-4-8-12-24)25-15-18-28-27(21-25)32-31(35(28)20-19-22-9-5-3-6-10-22)33-29(36)23-13-16-26(17-14-23)40(2,38)39/h3,5-6,9-10,13-18,21,24H,4,7-8,11-12,19-20H2,1-2H3,(H,32,33,36). The summed E-state index contributed by atoms with van der Waals surface area (Å²) in [5, 5.41) is 2.92. The van der Waals surface area contributed by atoms with E-state index in [4.69, 9.17) is 4.98 Å². The summed E-state index contributed by atoms with van der Waals surface area (Å²) in [6.45, 7) is 0.583. The second-order valence-corrected chi connectivity index (χ2v) is 12.5. The predicted octanol–water partition coefficient (Wildman–Crippen LogP) is 5.48. The van der Waals surface area contributed by atoms with Gasteiger partial charge in [-0.15, -0.1) is 0 Å². The van der Waals surface area contributed by atoms with E-state index in [0.717, 1.165) is 55.1 Å². The number of carbonyl (C=O) groups is 2. The lowest BCUT2D eigenvalue weighted by Gasteiger charge is -2.26. The lowest BCUT2D eigenvalue weighted by atomic mass is 9.88. The Hall–Kier alpha value is -3.98. The van der Waals surface area contributed by atoms with Crippen molar-refractivity contribution >= 4 is 44.3 Å². The number of nitrogens with zero attached hydrogens (tertiary/aromatic N) is 3. The normalized spacial score (nSPS) is 14.2. The van der Waals surface area contributed by atoms with Crippen LogP contribution in [0.5, 0.6) is 0 Å². The first-order valence-corrected chi connectivity index (χ1v) is 15.5. The molecule has 0 saturated heterocycles. The summed E-state index contributed by atoms with van der Waals surface area (Å²) in [5.41, 5.74) is 3.78. The van der Waals surface area contributed by atoms with E-state index >= 15 is 0 Å². The van der Waals surface area contributed by atoms with E-state index in [2.05, 4.69) is 17.4 Å². The van der Waals surface area contributed by atoms with Crippen LogP contribution in [0.25, 0.3) is 11.0 Å². The fraction of sp³-hybridized carbons (Fsp3) is 0.323. The van der Waals surface area contributed by atoms with Crippen LogP contribution in [0.3, 0.4) is 0 Å². The third kappa shape index (κ3) is 6.09. The number of rotatable bonds is 8. The van der Waals surface area contributed by atoms with Crippen LogP contribution >= 0.6 is 0 Å². The summed E-state index contributed by atoms with van der Waals surface area (Å²) in [6, 6.07) is 21.7. The maximum absolute atomic E-state index is 13.2. The van der Waals surface area contributed by atoms with Gasteiger partial charge in [0.25, 0.3) is 5.91 Å². The molecule has 3 aromatic carbocycles. The Morgan fingerprint density at radius 1 is 0.975 bits per heavy atom. The van der Waals surface area contributed by atoms with Gasteiger partial charge < -0.3 is 9.47 Å². The number of sulfone groups is 1. The van der Waals surface area contributed by atoms with Gasteiger partial charge in [0.1, 0.15) is 0 Å². The van der Waals surface area contributed by atoms with Gasteiger partial charge in [-0.05, 0) is 67.3 Å². The van der Waals surface area contributed by atoms with E-state index in [1.807, 2.05) is 48.0 Å². The van der Waals surface area contributed by atoms with Gasteiger partial charge in [0.15, 0.2) is 9.84 Å². The highest BCUT2D eigenvalue weighted by Gasteiger charge is 2.25. The zero-order chi connectivity index (χ0) is 28.3. The fourth-order valence-electron chi connectivity index (χ4n) is 5.31. The molecule has 0 aliphatic heterocycles. The van der Waals surface area contributed by atoms with Crippen LogP contribution < -0.4 is 10.2 Å². The lowest BCUT2D eigenvalue weighted by molar-refractivity contribution is -0.123. The topological polar surface area (TPSA) is 101 Å². The van der Waals surface area contributed by atoms with E-state index < -0.39 is 9.84 Å². The average molecular weight is 559 g/mol. The van der Waals surface area contributed by atoms with E-state index in [1.54, 1.807) is 4.90 Å². The summed E-state index contributed by atoms with van der Waals surface area (Å²) in [6.07, 6.45) is 7.11. The van der Waals surface area contributed by atoms with Gasteiger partial charge in [-0.3, -0.25) is 14.9 Å². The maximum Gasteiger partial charge on any atom is 0.257 e. The molecule has 0 radical (unpaired) electrons. The molecular formula is C31H34N4O4S. The Balaban J connectivity index is 1.44. The molecule has 1 aliphatic rings. The van der Waals surface area contributed by atoms with Crippen LogP contribution in [-0.2, 0) is 27.6 Å². The molecule has 1 heterocycles. The molecule has 0 unspecified atom stereocenters. The molecule has 1 saturated carbocycles. The van der Waals surface area contributed by atoms with Crippen LogP contribution in [0.15, 0.2) is 77.7 Å². The smallest absolute Gasteiger partial charge is 0.257 e. The highest BCUT2D eigenvalue weighted by molar-refractivity contribution is 7.90. The highest BCUT2D eigenvalue weighted by Crippen LogP contribution is 2.30. The van der Waals surface area contributed by atoms with Crippen molar-refractivity contribution in [2.75, 3.05) is 23.5 Å². The first-order chi connectivity index (χ1) is 19.2. The quantitative estimate of drug-likeness (QED) is 0.309. The number of benzene rings is 3. The number of anilines is 2. The van der Waals surface area contributed by atoms with Crippen molar-refractivity contribution in [2.45, 2.75) is 50.0 Å². The summed E-state index contributed by atoms with van der Waals surface area (Å²) in [5.74, 6) is 0.193. The molecule has 1 aliphatic carbocycles. The van der Waals surface area contributed by atoms with Gasteiger partial charge in [0, 0.05) is 37.0 Å². The first-order valence-electron chi connectivity index (χ1n) is 13.6. The number of carbonyl (C=O) groups excluding carboxylic acids is 2. The van der Waals surface area contributed by atoms with Crippen LogP contribution in [0.2, 0.25) is 0 Å². The Bertz CT molecular complexity index is 1620. The third-order valence-electron chi connectivity index (χ3n) is 7.64. The minimum Gasteiger partial charge on any atom is -0.315 e. The second kappa shape index (κ2) is 11.6. The van der Waals surface area contributed by atoms with Gasteiger partial charge in [-0.1, -0.05) is 49.6 Å². The molecule has 9 heteroatoms. The van der Waals surface area contributed by atoms with Crippen molar-refractivity contribution in [3.63, 3.8) is 0 Å². The SMILES string of the molecule is CN(C(=O)C1CCCCC1)c1ccc2c(c1)nc(NC(=O)c1ccc(S(C)(=O)=O)cc1)n2CCc1ccccc1. The van der Waals surface area contributed by atoms with Crippen molar-refractivity contribution in [3.8, 4) is 0 Å². The van der Waals surface area contributed by atoms with Crippen molar-refractivity contribution in [1.82, 2.24) is 9.55 Å². The van der Waals surface area contributed by atoms with Crippen LogP contribution in [0, 0.1) is 5.92 Å².